The molecule has 1 fully saturated rings. The number of aromatic nitrogens is 2. The maximum absolute atomic E-state index is 14.2. The second-order valence-electron chi connectivity index (χ2n) is 5.93. The lowest BCUT2D eigenvalue weighted by molar-refractivity contribution is 0.139. The molecule has 24 heavy (non-hydrogen) atoms. The molecule has 0 aliphatic carbocycles. The normalized spacial score (nSPS) is 17.5. The summed E-state index contributed by atoms with van der Waals surface area (Å²) in [5.74, 6) is -0.303. The second-order valence-corrected chi connectivity index (χ2v) is 5.93. The SMILES string of the molecule is O=C(O)N1CCC[C@H]1c1cn2cccc(-c3ccccc3F)c2n1. The van der Waals surface area contributed by atoms with Crippen molar-refractivity contribution >= 4 is 11.7 Å². The Morgan fingerprint density at radius 1 is 1.21 bits per heavy atom. The second kappa shape index (κ2) is 5.63. The third-order valence-electron chi connectivity index (χ3n) is 4.51. The van der Waals surface area contributed by atoms with Gasteiger partial charge in [-0.2, -0.15) is 0 Å². The number of amides is 1. The summed E-state index contributed by atoms with van der Waals surface area (Å²) in [7, 11) is 0. The van der Waals surface area contributed by atoms with Crippen LogP contribution < -0.4 is 0 Å². The Morgan fingerprint density at radius 2 is 2.00 bits per heavy atom. The van der Waals surface area contributed by atoms with Crippen LogP contribution in [0.5, 0.6) is 0 Å². The molecule has 1 aliphatic rings. The highest BCUT2D eigenvalue weighted by Crippen LogP contribution is 2.33. The van der Waals surface area contributed by atoms with E-state index in [1.807, 2.05) is 28.9 Å². The van der Waals surface area contributed by atoms with Crippen LogP contribution in [0.1, 0.15) is 24.6 Å². The van der Waals surface area contributed by atoms with E-state index in [9.17, 15) is 14.3 Å². The minimum Gasteiger partial charge on any atom is -0.465 e. The predicted molar refractivity (Wildman–Crippen MR) is 87.3 cm³/mol. The maximum atomic E-state index is 14.2. The monoisotopic (exact) mass is 325 g/mol. The van der Waals surface area contributed by atoms with Crippen molar-refractivity contribution in [1.82, 2.24) is 14.3 Å². The van der Waals surface area contributed by atoms with E-state index in [1.54, 1.807) is 18.2 Å². The average molecular weight is 325 g/mol. The molecule has 5 nitrogen and oxygen atoms in total. The van der Waals surface area contributed by atoms with Crippen LogP contribution in [-0.2, 0) is 0 Å². The third kappa shape index (κ3) is 2.31. The highest BCUT2D eigenvalue weighted by atomic mass is 19.1. The average Bonchev–Trinajstić information content (AvgIpc) is 3.21. The van der Waals surface area contributed by atoms with E-state index >= 15 is 0 Å². The van der Waals surface area contributed by atoms with Crippen molar-refractivity contribution in [2.24, 2.45) is 0 Å². The van der Waals surface area contributed by atoms with Crippen LogP contribution in [0.3, 0.4) is 0 Å². The van der Waals surface area contributed by atoms with Gasteiger partial charge in [-0.1, -0.05) is 18.2 Å². The van der Waals surface area contributed by atoms with Gasteiger partial charge in [0.25, 0.3) is 0 Å². The zero-order valence-corrected chi connectivity index (χ0v) is 12.9. The van der Waals surface area contributed by atoms with E-state index in [0.29, 0.717) is 29.0 Å². The fourth-order valence-corrected chi connectivity index (χ4v) is 3.39. The van der Waals surface area contributed by atoms with Gasteiger partial charge in [0.15, 0.2) is 0 Å². The van der Waals surface area contributed by atoms with Crippen LogP contribution in [0.15, 0.2) is 48.8 Å². The van der Waals surface area contributed by atoms with Gasteiger partial charge in [0.2, 0.25) is 0 Å². The first-order chi connectivity index (χ1) is 11.6. The lowest BCUT2D eigenvalue weighted by Gasteiger charge is -2.19. The van der Waals surface area contributed by atoms with E-state index in [4.69, 9.17) is 0 Å². The first-order valence-electron chi connectivity index (χ1n) is 7.87. The van der Waals surface area contributed by atoms with E-state index in [1.165, 1.54) is 11.0 Å². The molecule has 1 aromatic carbocycles. The van der Waals surface area contributed by atoms with Crippen LogP contribution in [-0.4, -0.2) is 32.0 Å². The zero-order valence-electron chi connectivity index (χ0n) is 12.9. The van der Waals surface area contributed by atoms with Crippen LogP contribution in [0.4, 0.5) is 9.18 Å². The Hall–Kier alpha value is -2.89. The fraction of sp³-hybridized carbons (Fsp3) is 0.222. The first-order valence-corrected chi connectivity index (χ1v) is 7.87. The molecule has 4 rings (SSSR count). The number of benzene rings is 1. The van der Waals surface area contributed by atoms with Gasteiger partial charge in [-0.05, 0) is 31.0 Å². The number of likely N-dealkylation sites (tertiary alicyclic amines) is 1. The summed E-state index contributed by atoms with van der Waals surface area (Å²) < 4.78 is 16.0. The number of hydrogen-bond donors (Lipinski definition) is 1. The Labute approximate surface area is 138 Å². The van der Waals surface area contributed by atoms with Crippen molar-refractivity contribution in [1.29, 1.82) is 0 Å². The molecule has 2 aromatic heterocycles. The Bertz CT molecular complexity index is 922. The van der Waals surface area contributed by atoms with Gasteiger partial charge in [0.05, 0.1) is 11.7 Å². The number of pyridine rings is 1. The molecule has 0 saturated carbocycles. The van der Waals surface area contributed by atoms with Crippen molar-refractivity contribution < 1.29 is 14.3 Å². The van der Waals surface area contributed by atoms with Gasteiger partial charge in [-0.25, -0.2) is 14.2 Å². The van der Waals surface area contributed by atoms with Crippen LogP contribution in [0, 0.1) is 5.82 Å². The Kier molecular flexibility index (Phi) is 3.45. The number of hydrogen-bond acceptors (Lipinski definition) is 2. The zero-order chi connectivity index (χ0) is 16.7. The van der Waals surface area contributed by atoms with E-state index in [0.717, 1.165) is 12.8 Å². The molecule has 1 saturated heterocycles. The summed E-state index contributed by atoms with van der Waals surface area (Å²) in [5.41, 5.74) is 2.53. The van der Waals surface area contributed by atoms with Crippen LogP contribution in [0.25, 0.3) is 16.8 Å². The summed E-state index contributed by atoms with van der Waals surface area (Å²) in [6.07, 6.45) is 4.34. The molecule has 1 N–H and O–H groups in total. The minimum atomic E-state index is -0.927. The topological polar surface area (TPSA) is 57.8 Å². The number of nitrogens with zero attached hydrogens (tertiary/aromatic N) is 3. The van der Waals surface area contributed by atoms with Crippen molar-refractivity contribution in [2.75, 3.05) is 6.54 Å². The standard InChI is InChI=1S/C18H16FN3O2/c19-14-7-2-1-5-12(14)13-6-3-9-21-11-15(20-17(13)21)16-8-4-10-22(16)18(23)24/h1-3,5-7,9,11,16H,4,8,10H2,(H,23,24)/t16-/m0/s1. The molecular weight excluding hydrogens is 309 g/mol. The molecule has 1 aliphatic heterocycles. The number of carboxylic acid groups (broad SMARTS) is 1. The lowest BCUT2D eigenvalue weighted by Crippen LogP contribution is -2.28. The Morgan fingerprint density at radius 3 is 2.79 bits per heavy atom. The van der Waals surface area contributed by atoms with Gasteiger partial charge in [0, 0.05) is 30.1 Å². The highest BCUT2D eigenvalue weighted by molar-refractivity contribution is 5.78. The lowest BCUT2D eigenvalue weighted by atomic mass is 10.1. The first kappa shape index (κ1) is 14.7. The molecule has 0 radical (unpaired) electrons. The van der Waals surface area contributed by atoms with Gasteiger partial charge in [-0.3, -0.25) is 4.90 Å². The van der Waals surface area contributed by atoms with Gasteiger partial charge < -0.3 is 9.51 Å². The number of carbonyl (C=O) groups is 1. The highest BCUT2D eigenvalue weighted by Gasteiger charge is 2.31. The van der Waals surface area contributed by atoms with Gasteiger partial charge >= 0.3 is 6.09 Å². The van der Waals surface area contributed by atoms with Crippen LogP contribution >= 0.6 is 0 Å². The Balaban J connectivity index is 1.84. The molecule has 1 atom stereocenters. The molecular formula is C18H16FN3O2. The number of imidazole rings is 1. The number of halogens is 1. The van der Waals surface area contributed by atoms with Crippen molar-refractivity contribution in [2.45, 2.75) is 18.9 Å². The quantitative estimate of drug-likeness (QED) is 0.776. The summed E-state index contributed by atoms with van der Waals surface area (Å²) in [6.45, 7) is 0.522. The predicted octanol–water partition coefficient (Wildman–Crippen LogP) is 3.96. The summed E-state index contributed by atoms with van der Waals surface area (Å²) in [4.78, 5) is 17.4. The van der Waals surface area contributed by atoms with E-state index in [2.05, 4.69) is 4.98 Å². The molecule has 0 spiro atoms. The van der Waals surface area contributed by atoms with Crippen LogP contribution in [0.2, 0.25) is 0 Å². The van der Waals surface area contributed by atoms with Crippen molar-refractivity contribution in [3.8, 4) is 11.1 Å². The molecule has 0 bridgehead atoms. The smallest absolute Gasteiger partial charge is 0.407 e. The largest absolute Gasteiger partial charge is 0.465 e. The fourth-order valence-electron chi connectivity index (χ4n) is 3.39. The molecule has 0 unspecified atom stereocenters. The molecule has 3 heterocycles. The number of rotatable bonds is 2. The van der Waals surface area contributed by atoms with Gasteiger partial charge in [-0.15, -0.1) is 0 Å². The summed E-state index contributed by atoms with van der Waals surface area (Å²) >= 11 is 0. The van der Waals surface area contributed by atoms with E-state index < -0.39 is 6.09 Å². The minimum absolute atomic E-state index is 0.240. The number of fused-ring (bicyclic) bond motifs is 1. The molecule has 3 aromatic rings. The van der Waals surface area contributed by atoms with Gasteiger partial charge in [0.1, 0.15) is 11.5 Å². The summed E-state index contributed by atoms with van der Waals surface area (Å²) in [6, 6.07) is 10.0. The summed E-state index contributed by atoms with van der Waals surface area (Å²) in [5, 5.41) is 9.33. The molecule has 6 heteroatoms. The molecule has 1 amide bonds. The van der Waals surface area contributed by atoms with E-state index in [-0.39, 0.29) is 11.9 Å². The maximum Gasteiger partial charge on any atom is 0.407 e. The van der Waals surface area contributed by atoms with Crippen molar-refractivity contribution in [3.63, 3.8) is 0 Å². The third-order valence-corrected chi connectivity index (χ3v) is 4.51. The molecule has 122 valence electrons. The van der Waals surface area contributed by atoms with Crippen molar-refractivity contribution in [3.05, 3.63) is 60.3 Å².